The van der Waals surface area contributed by atoms with Gasteiger partial charge in [0.25, 0.3) is 5.91 Å². The Labute approximate surface area is 141 Å². The number of carbonyl (C=O) groups excluding carboxylic acids is 1. The van der Waals surface area contributed by atoms with E-state index in [0.29, 0.717) is 25.3 Å². The van der Waals surface area contributed by atoms with Gasteiger partial charge in [-0.25, -0.2) is 0 Å². The molecule has 0 unspecified atom stereocenters. The van der Waals surface area contributed by atoms with Crippen molar-refractivity contribution >= 4 is 28.6 Å². The minimum Gasteiger partial charge on any atom is -0.370 e. The number of amides is 1. The molecule has 1 aliphatic heterocycles. The Morgan fingerprint density at radius 2 is 2.17 bits per heavy atom. The first-order chi connectivity index (χ1) is 11.3. The number of rotatable bonds is 3. The van der Waals surface area contributed by atoms with E-state index < -0.39 is 0 Å². The lowest BCUT2D eigenvalue weighted by atomic mass is 10.1. The number of aromatic amines is 1. The standard InChI is InChI=1S/C16H15N3O2S2/c20-16(13-7-17-18-15(13)12-2-6-23-10-12)19-3-4-21-14(8-19)11-1-5-22-9-11/h1-2,5-7,9-10,14H,3-4,8H2,(H,17,18)/t14-/m0/s1. The van der Waals surface area contributed by atoms with Gasteiger partial charge in [0.05, 0.1) is 30.6 Å². The van der Waals surface area contributed by atoms with Crippen molar-refractivity contribution < 1.29 is 9.53 Å². The summed E-state index contributed by atoms with van der Waals surface area (Å²) in [5, 5.41) is 15.1. The van der Waals surface area contributed by atoms with Crippen molar-refractivity contribution in [2.75, 3.05) is 19.7 Å². The molecule has 5 nitrogen and oxygen atoms in total. The van der Waals surface area contributed by atoms with Gasteiger partial charge in [-0.05, 0) is 33.8 Å². The van der Waals surface area contributed by atoms with Gasteiger partial charge >= 0.3 is 0 Å². The quantitative estimate of drug-likeness (QED) is 0.791. The molecule has 0 bridgehead atoms. The summed E-state index contributed by atoms with van der Waals surface area (Å²) in [5.41, 5.74) is 3.54. The molecule has 4 heterocycles. The fourth-order valence-electron chi connectivity index (χ4n) is 2.74. The van der Waals surface area contributed by atoms with Gasteiger partial charge in [0.1, 0.15) is 6.10 Å². The van der Waals surface area contributed by atoms with Crippen LogP contribution in [0.5, 0.6) is 0 Å². The maximum atomic E-state index is 12.9. The Kier molecular flexibility index (Phi) is 3.99. The van der Waals surface area contributed by atoms with E-state index in [2.05, 4.69) is 21.6 Å². The van der Waals surface area contributed by atoms with E-state index in [1.165, 1.54) is 0 Å². The molecule has 118 valence electrons. The minimum absolute atomic E-state index is 0.00322. The van der Waals surface area contributed by atoms with Gasteiger partial charge in [-0.1, -0.05) is 0 Å². The third-order valence-corrected chi connectivity index (χ3v) is 5.33. The van der Waals surface area contributed by atoms with Crippen LogP contribution in [0.25, 0.3) is 11.3 Å². The molecule has 3 aromatic rings. The summed E-state index contributed by atoms with van der Waals surface area (Å²) in [7, 11) is 0. The molecule has 0 spiro atoms. The summed E-state index contributed by atoms with van der Waals surface area (Å²) in [6, 6.07) is 4.04. The highest BCUT2D eigenvalue weighted by Gasteiger charge is 2.28. The number of hydrogen-bond donors (Lipinski definition) is 1. The molecule has 0 saturated carbocycles. The van der Waals surface area contributed by atoms with E-state index in [1.54, 1.807) is 28.9 Å². The number of H-pyrrole nitrogens is 1. The van der Waals surface area contributed by atoms with Crippen LogP contribution in [0, 0.1) is 0 Å². The highest BCUT2D eigenvalue weighted by atomic mass is 32.1. The van der Waals surface area contributed by atoms with Crippen LogP contribution in [0.1, 0.15) is 22.0 Å². The van der Waals surface area contributed by atoms with Crippen LogP contribution in [-0.2, 0) is 4.74 Å². The van der Waals surface area contributed by atoms with Crippen LogP contribution in [0.15, 0.2) is 39.8 Å². The van der Waals surface area contributed by atoms with Gasteiger partial charge in [-0.2, -0.15) is 27.8 Å². The zero-order valence-electron chi connectivity index (χ0n) is 12.3. The molecule has 4 rings (SSSR count). The first-order valence-electron chi connectivity index (χ1n) is 7.32. The Morgan fingerprint density at radius 1 is 1.30 bits per heavy atom. The first-order valence-corrected chi connectivity index (χ1v) is 9.20. The lowest BCUT2D eigenvalue weighted by Crippen LogP contribution is -2.42. The lowest BCUT2D eigenvalue weighted by Gasteiger charge is -2.32. The van der Waals surface area contributed by atoms with E-state index >= 15 is 0 Å². The largest absolute Gasteiger partial charge is 0.370 e. The van der Waals surface area contributed by atoms with Crippen molar-refractivity contribution in [3.8, 4) is 11.3 Å². The van der Waals surface area contributed by atoms with Crippen molar-refractivity contribution in [1.82, 2.24) is 15.1 Å². The highest BCUT2D eigenvalue weighted by Crippen LogP contribution is 2.28. The molecule has 7 heteroatoms. The molecule has 1 amide bonds. The van der Waals surface area contributed by atoms with Crippen LogP contribution in [0.3, 0.4) is 0 Å². The zero-order valence-corrected chi connectivity index (χ0v) is 13.9. The van der Waals surface area contributed by atoms with Crippen LogP contribution >= 0.6 is 22.7 Å². The molecule has 1 fully saturated rings. The minimum atomic E-state index is -0.0459. The van der Waals surface area contributed by atoms with Gasteiger partial charge in [0, 0.05) is 17.5 Å². The lowest BCUT2D eigenvalue weighted by molar-refractivity contribution is -0.0226. The first kappa shape index (κ1) is 14.6. The Hall–Kier alpha value is -1.96. The van der Waals surface area contributed by atoms with E-state index in [-0.39, 0.29) is 12.0 Å². The number of aromatic nitrogens is 2. The number of nitrogens with one attached hydrogen (secondary N) is 1. The predicted molar refractivity (Wildman–Crippen MR) is 90.8 cm³/mol. The Balaban J connectivity index is 1.56. The molecular formula is C16H15N3O2S2. The van der Waals surface area contributed by atoms with Gasteiger partial charge in [-0.3, -0.25) is 9.89 Å². The van der Waals surface area contributed by atoms with Gasteiger partial charge in [-0.15, -0.1) is 0 Å². The number of morpholine rings is 1. The average Bonchev–Trinajstić information content (AvgIpc) is 3.35. The molecule has 23 heavy (non-hydrogen) atoms. The zero-order chi connectivity index (χ0) is 15.6. The predicted octanol–water partition coefficient (Wildman–Crippen LogP) is 3.41. The summed E-state index contributed by atoms with van der Waals surface area (Å²) in [4.78, 5) is 14.8. The summed E-state index contributed by atoms with van der Waals surface area (Å²) in [5.74, 6) is 0.00322. The molecule has 1 aliphatic rings. The van der Waals surface area contributed by atoms with Crippen molar-refractivity contribution in [3.63, 3.8) is 0 Å². The number of thiophene rings is 2. The summed E-state index contributed by atoms with van der Waals surface area (Å²) in [6.45, 7) is 1.73. The Bertz CT molecular complexity index is 780. The number of carbonyl (C=O) groups is 1. The second kappa shape index (κ2) is 6.27. The molecule has 0 radical (unpaired) electrons. The Morgan fingerprint density at radius 3 is 2.96 bits per heavy atom. The number of ether oxygens (including phenoxy) is 1. The maximum Gasteiger partial charge on any atom is 0.257 e. The molecule has 0 aromatic carbocycles. The fraction of sp³-hybridized carbons (Fsp3) is 0.250. The molecule has 1 atom stereocenters. The second-order valence-electron chi connectivity index (χ2n) is 5.34. The maximum absolute atomic E-state index is 12.9. The third-order valence-electron chi connectivity index (χ3n) is 3.95. The van der Waals surface area contributed by atoms with Crippen molar-refractivity contribution in [3.05, 3.63) is 51.0 Å². The summed E-state index contributed by atoms with van der Waals surface area (Å²) >= 11 is 3.25. The average molecular weight is 345 g/mol. The number of nitrogens with zero attached hydrogens (tertiary/aromatic N) is 2. The summed E-state index contributed by atoms with van der Waals surface area (Å²) in [6.07, 6.45) is 1.57. The third kappa shape index (κ3) is 2.83. The monoisotopic (exact) mass is 345 g/mol. The van der Waals surface area contributed by atoms with Crippen LogP contribution < -0.4 is 0 Å². The SMILES string of the molecule is O=C(c1cn[nH]c1-c1ccsc1)N1CCO[C@H](c2ccsc2)C1. The molecule has 0 aliphatic carbocycles. The van der Waals surface area contributed by atoms with Crippen molar-refractivity contribution in [1.29, 1.82) is 0 Å². The van der Waals surface area contributed by atoms with E-state index in [4.69, 9.17) is 4.74 Å². The summed E-state index contributed by atoms with van der Waals surface area (Å²) < 4.78 is 5.81. The molecular weight excluding hydrogens is 330 g/mol. The van der Waals surface area contributed by atoms with Crippen molar-refractivity contribution in [2.24, 2.45) is 0 Å². The van der Waals surface area contributed by atoms with Crippen LogP contribution in [0.4, 0.5) is 0 Å². The van der Waals surface area contributed by atoms with Gasteiger partial charge < -0.3 is 9.64 Å². The highest BCUT2D eigenvalue weighted by molar-refractivity contribution is 7.08. The van der Waals surface area contributed by atoms with E-state index in [9.17, 15) is 4.79 Å². The normalized spacial score (nSPS) is 18.3. The molecule has 3 aromatic heterocycles. The fourth-order valence-corrected chi connectivity index (χ4v) is 4.09. The smallest absolute Gasteiger partial charge is 0.257 e. The number of hydrogen-bond acceptors (Lipinski definition) is 5. The second-order valence-corrected chi connectivity index (χ2v) is 6.90. The van der Waals surface area contributed by atoms with E-state index in [1.807, 2.05) is 27.1 Å². The van der Waals surface area contributed by atoms with Gasteiger partial charge in [0.2, 0.25) is 0 Å². The van der Waals surface area contributed by atoms with Crippen LogP contribution in [0.2, 0.25) is 0 Å². The molecule has 1 saturated heterocycles. The van der Waals surface area contributed by atoms with Crippen LogP contribution in [-0.4, -0.2) is 40.7 Å². The molecule has 1 N–H and O–H groups in total. The topological polar surface area (TPSA) is 58.2 Å². The van der Waals surface area contributed by atoms with Gasteiger partial charge in [0.15, 0.2) is 0 Å². The van der Waals surface area contributed by atoms with Crippen molar-refractivity contribution in [2.45, 2.75) is 6.10 Å². The van der Waals surface area contributed by atoms with E-state index in [0.717, 1.165) is 16.8 Å².